The van der Waals surface area contributed by atoms with Gasteiger partial charge in [0, 0.05) is 22.3 Å². The number of carbonyl (C=O) groups excluding carboxylic acids is 3. The summed E-state index contributed by atoms with van der Waals surface area (Å²) in [5, 5.41) is 0. The second-order valence-electron chi connectivity index (χ2n) is 9.42. The van der Waals surface area contributed by atoms with E-state index in [2.05, 4.69) is 0 Å². The summed E-state index contributed by atoms with van der Waals surface area (Å²) in [6, 6.07) is 5.50. The zero-order valence-electron chi connectivity index (χ0n) is 17.5. The van der Waals surface area contributed by atoms with Crippen LogP contribution in [0, 0.1) is 11.8 Å². The molecule has 2 fully saturated rings. The molecule has 31 heavy (non-hydrogen) atoms. The lowest BCUT2D eigenvalue weighted by atomic mass is 9.70. The van der Waals surface area contributed by atoms with E-state index in [4.69, 9.17) is 16.2 Å². The monoisotopic (exact) mass is 420 g/mol. The van der Waals surface area contributed by atoms with Gasteiger partial charge in [0.1, 0.15) is 6.10 Å². The summed E-state index contributed by atoms with van der Waals surface area (Å²) in [6.45, 7) is 0. The number of rotatable bonds is 2. The van der Waals surface area contributed by atoms with Crippen LogP contribution in [0.2, 0.25) is 0 Å². The van der Waals surface area contributed by atoms with Gasteiger partial charge in [0.15, 0.2) is 17.1 Å². The Balaban J connectivity index is 1.37. The Labute approximate surface area is 181 Å². The molecule has 4 N–H and O–H groups in total. The fraction of sp³-hybridized carbons (Fsp3) is 0.480. The molecule has 6 nitrogen and oxygen atoms in total. The van der Waals surface area contributed by atoms with E-state index in [0.717, 1.165) is 25.2 Å². The predicted octanol–water partition coefficient (Wildman–Crippen LogP) is 2.86. The Bertz CT molecular complexity index is 1030. The highest BCUT2D eigenvalue weighted by Gasteiger charge is 2.49. The molecule has 4 aliphatic rings. The number of esters is 1. The van der Waals surface area contributed by atoms with E-state index in [0.29, 0.717) is 17.0 Å². The van der Waals surface area contributed by atoms with Crippen LogP contribution < -0.4 is 11.5 Å². The SMILES string of the molecule is NC1C2=C(C=CC1(N)C(=O)OC1CCC3CCCCC3C1)C(=O)c1ccccc1C2=O. The molecule has 1 aromatic rings. The number of hydrogen-bond donors (Lipinski definition) is 2. The van der Waals surface area contributed by atoms with E-state index in [9.17, 15) is 14.4 Å². The number of ether oxygens (including phenoxy) is 1. The molecule has 5 unspecified atom stereocenters. The normalized spacial score (nSPS) is 34.6. The Morgan fingerprint density at radius 2 is 1.65 bits per heavy atom. The van der Waals surface area contributed by atoms with Crippen molar-refractivity contribution in [2.45, 2.75) is 62.6 Å². The molecule has 5 rings (SSSR count). The summed E-state index contributed by atoms with van der Waals surface area (Å²) < 4.78 is 5.85. The zero-order valence-corrected chi connectivity index (χ0v) is 17.5. The van der Waals surface area contributed by atoms with Gasteiger partial charge in [0.05, 0.1) is 6.04 Å². The molecule has 2 saturated carbocycles. The Morgan fingerprint density at radius 3 is 2.39 bits per heavy atom. The summed E-state index contributed by atoms with van der Waals surface area (Å²) in [4.78, 5) is 39.2. The molecule has 0 bridgehead atoms. The highest BCUT2D eigenvalue weighted by molar-refractivity contribution is 6.29. The lowest BCUT2D eigenvalue weighted by Gasteiger charge is -2.41. The minimum Gasteiger partial charge on any atom is -0.461 e. The largest absolute Gasteiger partial charge is 0.461 e. The van der Waals surface area contributed by atoms with Crippen molar-refractivity contribution >= 4 is 17.5 Å². The summed E-state index contributed by atoms with van der Waals surface area (Å²) in [5.41, 5.74) is 12.1. The molecule has 0 spiro atoms. The van der Waals surface area contributed by atoms with Crippen LogP contribution in [0.4, 0.5) is 0 Å². The average Bonchev–Trinajstić information content (AvgIpc) is 2.79. The maximum absolute atomic E-state index is 13.2. The number of carbonyl (C=O) groups is 3. The molecular weight excluding hydrogens is 392 g/mol. The quantitative estimate of drug-likeness (QED) is 0.712. The molecule has 0 aliphatic heterocycles. The number of benzene rings is 1. The first-order valence-corrected chi connectivity index (χ1v) is 11.3. The first kappa shape index (κ1) is 20.3. The van der Waals surface area contributed by atoms with Gasteiger partial charge < -0.3 is 16.2 Å². The van der Waals surface area contributed by atoms with Crippen LogP contribution >= 0.6 is 0 Å². The van der Waals surface area contributed by atoms with Crippen LogP contribution in [0.15, 0.2) is 47.6 Å². The van der Waals surface area contributed by atoms with Crippen LogP contribution in [0.5, 0.6) is 0 Å². The minimum absolute atomic E-state index is 0.0987. The van der Waals surface area contributed by atoms with Crippen molar-refractivity contribution in [2.75, 3.05) is 0 Å². The third-order valence-electron chi connectivity index (χ3n) is 7.67. The lowest BCUT2D eigenvalue weighted by molar-refractivity contribution is -0.157. The molecule has 0 radical (unpaired) electrons. The standard InChI is InChI=1S/C25H28N2O4/c26-23-20-19(21(28)17-7-3-4-8-18(17)22(20)29)11-12-25(23,27)24(30)31-16-10-9-14-5-1-2-6-15(14)13-16/h3-4,7-8,11-12,14-16,23H,1-2,5-6,9-10,13,26-27H2. The van der Waals surface area contributed by atoms with Gasteiger partial charge in [-0.2, -0.15) is 0 Å². The second-order valence-corrected chi connectivity index (χ2v) is 9.42. The van der Waals surface area contributed by atoms with Gasteiger partial charge in [-0.15, -0.1) is 0 Å². The molecule has 6 heteroatoms. The molecule has 0 heterocycles. The summed E-state index contributed by atoms with van der Waals surface area (Å²) >= 11 is 0. The molecule has 0 amide bonds. The van der Waals surface area contributed by atoms with Gasteiger partial charge in [-0.1, -0.05) is 62.1 Å². The van der Waals surface area contributed by atoms with Crippen molar-refractivity contribution in [1.82, 2.24) is 0 Å². The smallest absolute Gasteiger partial charge is 0.332 e. The van der Waals surface area contributed by atoms with Crippen LogP contribution in [-0.4, -0.2) is 35.2 Å². The van der Waals surface area contributed by atoms with Gasteiger partial charge in [-0.05, 0) is 31.1 Å². The first-order valence-electron chi connectivity index (χ1n) is 11.3. The van der Waals surface area contributed by atoms with Crippen molar-refractivity contribution in [3.05, 3.63) is 58.7 Å². The van der Waals surface area contributed by atoms with E-state index in [1.165, 1.54) is 37.8 Å². The lowest BCUT2D eigenvalue weighted by Crippen LogP contribution is -2.64. The van der Waals surface area contributed by atoms with Crippen molar-refractivity contribution < 1.29 is 19.1 Å². The third-order valence-corrected chi connectivity index (χ3v) is 7.67. The van der Waals surface area contributed by atoms with Crippen LogP contribution in [-0.2, 0) is 9.53 Å². The van der Waals surface area contributed by atoms with E-state index in [1.54, 1.807) is 24.3 Å². The zero-order chi connectivity index (χ0) is 21.8. The second kappa shape index (κ2) is 7.53. The Kier molecular flexibility index (Phi) is 4.94. The molecule has 1 aromatic carbocycles. The fourth-order valence-electron chi connectivity index (χ4n) is 5.84. The number of nitrogens with two attached hydrogens (primary N) is 2. The maximum Gasteiger partial charge on any atom is 0.332 e. The first-order chi connectivity index (χ1) is 14.9. The number of allylic oxidation sites excluding steroid dienone is 2. The minimum atomic E-state index is -1.68. The number of hydrogen-bond acceptors (Lipinski definition) is 6. The van der Waals surface area contributed by atoms with Crippen LogP contribution in [0.3, 0.4) is 0 Å². The van der Waals surface area contributed by atoms with E-state index in [-0.39, 0.29) is 28.8 Å². The maximum atomic E-state index is 13.2. The van der Waals surface area contributed by atoms with Crippen molar-refractivity contribution in [3.8, 4) is 0 Å². The van der Waals surface area contributed by atoms with E-state index < -0.39 is 17.6 Å². The van der Waals surface area contributed by atoms with E-state index >= 15 is 0 Å². The Hall–Kier alpha value is -2.57. The number of fused-ring (bicyclic) bond motifs is 2. The highest BCUT2D eigenvalue weighted by Crippen LogP contribution is 2.42. The highest BCUT2D eigenvalue weighted by atomic mass is 16.5. The molecule has 162 valence electrons. The predicted molar refractivity (Wildman–Crippen MR) is 115 cm³/mol. The topological polar surface area (TPSA) is 112 Å². The van der Waals surface area contributed by atoms with Crippen molar-refractivity contribution in [2.24, 2.45) is 23.3 Å². The molecule has 0 aromatic heterocycles. The van der Waals surface area contributed by atoms with Gasteiger partial charge >= 0.3 is 5.97 Å². The molecular formula is C25H28N2O4. The van der Waals surface area contributed by atoms with Gasteiger partial charge in [-0.25, -0.2) is 4.79 Å². The molecule has 4 aliphatic carbocycles. The third kappa shape index (κ3) is 3.20. The van der Waals surface area contributed by atoms with Crippen LogP contribution in [0.25, 0.3) is 0 Å². The van der Waals surface area contributed by atoms with E-state index in [1.807, 2.05) is 0 Å². The van der Waals surface area contributed by atoms with Gasteiger partial charge in [0.25, 0.3) is 0 Å². The van der Waals surface area contributed by atoms with Gasteiger partial charge in [-0.3, -0.25) is 9.59 Å². The Morgan fingerprint density at radius 1 is 0.968 bits per heavy atom. The van der Waals surface area contributed by atoms with Crippen molar-refractivity contribution in [3.63, 3.8) is 0 Å². The fourth-order valence-corrected chi connectivity index (χ4v) is 5.84. The molecule has 5 atom stereocenters. The summed E-state index contributed by atoms with van der Waals surface area (Å²) in [5.74, 6) is 0.0930. The summed E-state index contributed by atoms with van der Waals surface area (Å²) in [7, 11) is 0. The molecule has 0 saturated heterocycles. The number of Topliss-reactive ketones (excluding diaryl/α,β-unsaturated/α-hetero) is 2. The van der Waals surface area contributed by atoms with Crippen molar-refractivity contribution in [1.29, 1.82) is 0 Å². The average molecular weight is 421 g/mol. The number of ketones is 2. The van der Waals surface area contributed by atoms with Gasteiger partial charge in [0.2, 0.25) is 0 Å². The van der Waals surface area contributed by atoms with Crippen LogP contribution in [0.1, 0.15) is 65.7 Å². The summed E-state index contributed by atoms with van der Waals surface area (Å²) in [6.07, 6.45) is 10.5.